The number of carbonyl (C=O) groups is 1. The van der Waals surface area contributed by atoms with Crippen molar-refractivity contribution < 1.29 is 4.79 Å². The number of anilines is 2. The molecule has 1 aliphatic rings. The van der Waals surface area contributed by atoms with Gasteiger partial charge in [-0.2, -0.15) is 0 Å². The van der Waals surface area contributed by atoms with Crippen LogP contribution < -0.4 is 15.5 Å². The molecule has 6 nitrogen and oxygen atoms in total. The number of nitrogens with zero attached hydrogens (tertiary/aromatic N) is 3. The van der Waals surface area contributed by atoms with Crippen molar-refractivity contribution in [3.63, 3.8) is 0 Å². The van der Waals surface area contributed by atoms with Crippen LogP contribution in [0.5, 0.6) is 0 Å². The Hall–Kier alpha value is -3.19. The summed E-state index contributed by atoms with van der Waals surface area (Å²) in [6.45, 7) is 12.6. The van der Waals surface area contributed by atoms with E-state index in [-0.39, 0.29) is 18.0 Å². The Labute approximate surface area is 207 Å². The SMILES string of the molecule is CCC(=O)Nc1ccc(N2C(=S)NC(c3ccccn3)C2c2cc(C)n(C(C)C)c2C)cc1C. The van der Waals surface area contributed by atoms with Gasteiger partial charge in [0.15, 0.2) is 5.11 Å². The van der Waals surface area contributed by atoms with E-state index in [4.69, 9.17) is 12.2 Å². The largest absolute Gasteiger partial charge is 0.351 e. The van der Waals surface area contributed by atoms with Crippen molar-refractivity contribution in [1.29, 1.82) is 0 Å². The number of carbonyl (C=O) groups excluding carboxylic acids is 1. The molecule has 0 bridgehead atoms. The number of benzene rings is 1. The van der Waals surface area contributed by atoms with Gasteiger partial charge in [0.2, 0.25) is 5.91 Å². The van der Waals surface area contributed by atoms with E-state index in [1.54, 1.807) is 0 Å². The standard InChI is InChI=1S/C27H33N5OS/c1-7-24(33)29-22-12-11-20(14-17(22)4)32-26(21-15-18(5)31(16(2)3)19(21)6)25(30-27(32)34)23-10-8-9-13-28-23/h8-16,25-26H,7H2,1-6H3,(H,29,33)(H,30,34). The molecule has 0 spiro atoms. The highest BCUT2D eigenvalue weighted by molar-refractivity contribution is 7.80. The predicted molar refractivity (Wildman–Crippen MR) is 142 cm³/mol. The van der Waals surface area contributed by atoms with E-state index in [9.17, 15) is 4.79 Å². The third-order valence-electron chi connectivity index (χ3n) is 6.54. The molecule has 178 valence electrons. The van der Waals surface area contributed by atoms with Crippen molar-refractivity contribution in [3.05, 3.63) is 76.9 Å². The third kappa shape index (κ3) is 4.32. The molecule has 1 aromatic carbocycles. The van der Waals surface area contributed by atoms with Gasteiger partial charge in [-0.25, -0.2) is 0 Å². The maximum absolute atomic E-state index is 11.9. The van der Waals surface area contributed by atoms with Crippen molar-refractivity contribution in [2.24, 2.45) is 0 Å². The summed E-state index contributed by atoms with van der Waals surface area (Å²) in [7, 11) is 0. The lowest BCUT2D eigenvalue weighted by molar-refractivity contribution is -0.115. The van der Waals surface area contributed by atoms with Crippen LogP contribution in [0.3, 0.4) is 0 Å². The summed E-state index contributed by atoms with van der Waals surface area (Å²) in [6, 6.07) is 14.6. The van der Waals surface area contributed by atoms with Gasteiger partial charge in [-0.05, 0) is 94.4 Å². The summed E-state index contributed by atoms with van der Waals surface area (Å²) >= 11 is 5.89. The topological polar surface area (TPSA) is 62.2 Å². The molecule has 3 aromatic rings. The van der Waals surface area contributed by atoms with E-state index in [2.05, 4.69) is 64.9 Å². The minimum absolute atomic E-state index is 0.00317. The molecule has 0 radical (unpaired) electrons. The van der Waals surface area contributed by atoms with Gasteiger partial charge in [0, 0.05) is 41.4 Å². The summed E-state index contributed by atoms with van der Waals surface area (Å²) in [5, 5.41) is 7.19. The van der Waals surface area contributed by atoms with Gasteiger partial charge in [0.05, 0.1) is 17.8 Å². The quantitative estimate of drug-likeness (QED) is 0.434. The van der Waals surface area contributed by atoms with Gasteiger partial charge in [-0.1, -0.05) is 13.0 Å². The molecule has 0 aliphatic carbocycles. The van der Waals surface area contributed by atoms with Crippen LogP contribution >= 0.6 is 12.2 Å². The van der Waals surface area contributed by atoms with Crippen LogP contribution in [0.4, 0.5) is 11.4 Å². The fourth-order valence-electron chi connectivity index (χ4n) is 5.02. The van der Waals surface area contributed by atoms with Crippen molar-refractivity contribution in [2.75, 3.05) is 10.2 Å². The number of rotatable bonds is 6. The average Bonchev–Trinajstić information content (AvgIpc) is 3.30. The fraction of sp³-hybridized carbons (Fsp3) is 0.370. The monoisotopic (exact) mass is 475 g/mol. The smallest absolute Gasteiger partial charge is 0.224 e. The van der Waals surface area contributed by atoms with Crippen molar-refractivity contribution in [2.45, 2.75) is 66.1 Å². The molecule has 1 amide bonds. The average molecular weight is 476 g/mol. The van der Waals surface area contributed by atoms with Gasteiger partial charge < -0.3 is 20.1 Å². The Morgan fingerprint density at radius 1 is 1.18 bits per heavy atom. The molecule has 2 aromatic heterocycles. The van der Waals surface area contributed by atoms with E-state index in [1.807, 2.05) is 50.4 Å². The molecule has 1 saturated heterocycles. The number of aromatic nitrogens is 2. The second kappa shape index (κ2) is 9.58. The van der Waals surface area contributed by atoms with Crippen LogP contribution in [0.1, 0.15) is 73.5 Å². The predicted octanol–water partition coefficient (Wildman–Crippen LogP) is 5.91. The first-order valence-corrected chi connectivity index (χ1v) is 12.2. The number of pyridine rings is 1. The number of amides is 1. The first-order chi connectivity index (χ1) is 16.2. The van der Waals surface area contributed by atoms with Gasteiger partial charge >= 0.3 is 0 Å². The molecule has 2 atom stereocenters. The number of hydrogen-bond acceptors (Lipinski definition) is 3. The Morgan fingerprint density at radius 2 is 1.94 bits per heavy atom. The second-order valence-electron chi connectivity index (χ2n) is 9.19. The molecule has 4 rings (SSSR count). The zero-order valence-electron chi connectivity index (χ0n) is 20.7. The molecule has 34 heavy (non-hydrogen) atoms. The molecule has 1 aliphatic heterocycles. The Morgan fingerprint density at radius 3 is 2.53 bits per heavy atom. The number of nitrogens with one attached hydrogen (secondary N) is 2. The first kappa shape index (κ1) is 24.0. The highest BCUT2D eigenvalue weighted by Crippen LogP contribution is 2.44. The van der Waals surface area contributed by atoms with Crippen LogP contribution in [-0.4, -0.2) is 20.6 Å². The van der Waals surface area contributed by atoms with Crippen molar-refractivity contribution >= 4 is 34.6 Å². The zero-order chi connectivity index (χ0) is 24.6. The summed E-state index contributed by atoms with van der Waals surface area (Å²) < 4.78 is 2.37. The first-order valence-electron chi connectivity index (χ1n) is 11.8. The van der Waals surface area contributed by atoms with Gasteiger partial charge in [0.25, 0.3) is 0 Å². The summed E-state index contributed by atoms with van der Waals surface area (Å²) in [6.07, 6.45) is 2.27. The summed E-state index contributed by atoms with van der Waals surface area (Å²) in [5.41, 5.74) is 7.46. The molecular weight excluding hydrogens is 442 g/mol. The van der Waals surface area contributed by atoms with E-state index in [0.29, 0.717) is 17.6 Å². The van der Waals surface area contributed by atoms with Crippen LogP contribution in [0.2, 0.25) is 0 Å². The van der Waals surface area contributed by atoms with E-state index < -0.39 is 0 Å². The molecule has 2 N–H and O–H groups in total. The highest BCUT2D eigenvalue weighted by Gasteiger charge is 2.42. The third-order valence-corrected chi connectivity index (χ3v) is 6.85. The van der Waals surface area contributed by atoms with E-state index in [0.717, 1.165) is 22.6 Å². The lowest BCUT2D eigenvalue weighted by atomic mass is 9.96. The number of hydrogen-bond donors (Lipinski definition) is 2. The zero-order valence-corrected chi connectivity index (χ0v) is 21.5. The number of aryl methyl sites for hydroxylation is 2. The normalized spacial score (nSPS) is 17.9. The number of thiocarbonyl (C=S) groups is 1. The molecule has 2 unspecified atom stereocenters. The van der Waals surface area contributed by atoms with Gasteiger partial charge in [-0.15, -0.1) is 0 Å². The maximum Gasteiger partial charge on any atom is 0.224 e. The van der Waals surface area contributed by atoms with Crippen LogP contribution in [0.25, 0.3) is 0 Å². The van der Waals surface area contributed by atoms with E-state index >= 15 is 0 Å². The molecule has 0 saturated carbocycles. The Kier molecular flexibility index (Phi) is 6.75. The summed E-state index contributed by atoms with van der Waals surface area (Å²) in [5.74, 6) is 0.00317. The Bertz CT molecular complexity index is 1220. The van der Waals surface area contributed by atoms with Gasteiger partial charge in [0.1, 0.15) is 0 Å². The van der Waals surface area contributed by atoms with Crippen LogP contribution in [0.15, 0.2) is 48.7 Å². The molecular formula is C27H33N5OS. The highest BCUT2D eigenvalue weighted by atomic mass is 32.1. The van der Waals surface area contributed by atoms with Crippen LogP contribution in [-0.2, 0) is 4.79 Å². The lowest BCUT2D eigenvalue weighted by Crippen LogP contribution is -2.29. The summed E-state index contributed by atoms with van der Waals surface area (Å²) in [4.78, 5) is 18.8. The van der Waals surface area contributed by atoms with Gasteiger partial charge in [-0.3, -0.25) is 9.78 Å². The fourth-order valence-corrected chi connectivity index (χ4v) is 5.37. The van der Waals surface area contributed by atoms with Crippen molar-refractivity contribution in [1.82, 2.24) is 14.9 Å². The molecule has 7 heteroatoms. The lowest BCUT2D eigenvalue weighted by Gasteiger charge is -2.29. The molecule has 1 fully saturated rings. The van der Waals surface area contributed by atoms with Crippen molar-refractivity contribution in [3.8, 4) is 0 Å². The van der Waals surface area contributed by atoms with Crippen LogP contribution in [0, 0.1) is 20.8 Å². The second-order valence-corrected chi connectivity index (χ2v) is 9.57. The minimum atomic E-state index is -0.0883. The van der Waals surface area contributed by atoms with E-state index in [1.165, 1.54) is 17.0 Å². The maximum atomic E-state index is 11.9. The molecule has 3 heterocycles. The minimum Gasteiger partial charge on any atom is -0.351 e. The Balaban J connectivity index is 1.83.